The Balaban J connectivity index is 1.66. The first-order valence-corrected chi connectivity index (χ1v) is 7.88. The van der Waals surface area contributed by atoms with Gasteiger partial charge in [0.1, 0.15) is 5.75 Å². The number of carbonyl (C=O) groups is 2. The lowest BCUT2D eigenvalue weighted by atomic mass is 10.2. The molecule has 0 saturated carbocycles. The summed E-state index contributed by atoms with van der Waals surface area (Å²) in [6.07, 6.45) is 2.34. The van der Waals surface area contributed by atoms with Crippen LogP contribution in [0, 0.1) is 0 Å². The van der Waals surface area contributed by atoms with E-state index in [9.17, 15) is 18.4 Å². The summed E-state index contributed by atoms with van der Waals surface area (Å²) < 4.78 is 28.6. The standard InChI is InChI=1S/C16H21F2N3O3/c17-15(18)24-13-5-3-4-12(10-13)11-20-16(23)19-7-6-14(22)21-8-1-2-9-21/h3-5,10,15H,1-2,6-9,11H2,(H2,19,20,23). The molecule has 1 aliphatic heterocycles. The number of ether oxygens (including phenoxy) is 1. The molecule has 132 valence electrons. The molecule has 0 bridgehead atoms. The molecule has 6 nitrogen and oxygen atoms in total. The predicted octanol–water partition coefficient (Wildman–Crippen LogP) is 2.10. The van der Waals surface area contributed by atoms with Crippen molar-refractivity contribution >= 4 is 11.9 Å². The quantitative estimate of drug-likeness (QED) is 0.798. The van der Waals surface area contributed by atoms with Gasteiger partial charge in [-0.2, -0.15) is 8.78 Å². The molecule has 1 aromatic carbocycles. The number of rotatable bonds is 7. The summed E-state index contributed by atoms with van der Waals surface area (Å²) in [5.74, 6) is 0.0885. The van der Waals surface area contributed by atoms with Gasteiger partial charge in [-0.25, -0.2) is 4.79 Å². The highest BCUT2D eigenvalue weighted by Gasteiger charge is 2.17. The lowest BCUT2D eigenvalue weighted by molar-refractivity contribution is -0.129. The smallest absolute Gasteiger partial charge is 0.387 e. The maximum atomic E-state index is 12.1. The number of benzene rings is 1. The van der Waals surface area contributed by atoms with E-state index in [0.717, 1.165) is 25.9 Å². The van der Waals surface area contributed by atoms with Crippen LogP contribution in [0.1, 0.15) is 24.8 Å². The van der Waals surface area contributed by atoms with Crippen LogP contribution in [0.2, 0.25) is 0 Å². The van der Waals surface area contributed by atoms with E-state index in [0.29, 0.717) is 5.56 Å². The van der Waals surface area contributed by atoms with Crippen LogP contribution in [0.15, 0.2) is 24.3 Å². The highest BCUT2D eigenvalue weighted by atomic mass is 19.3. The third-order valence-corrected chi connectivity index (χ3v) is 3.66. The third-order valence-electron chi connectivity index (χ3n) is 3.66. The average molecular weight is 341 g/mol. The van der Waals surface area contributed by atoms with E-state index in [2.05, 4.69) is 15.4 Å². The van der Waals surface area contributed by atoms with E-state index in [-0.39, 0.29) is 31.2 Å². The molecule has 24 heavy (non-hydrogen) atoms. The number of alkyl halides is 2. The number of amides is 3. The van der Waals surface area contributed by atoms with Gasteiger partial charge in [-0.05, 0) is 30.5 Å². The zero-order chi connectivity index (χ0) is 17.4. The van der Waals surface area contributed by atoms with E-state index in [4.69, 9.17) is 0 Å². The normalized spacial score (nSPS) is 13.9. The van der Waals surface area contributed by atoms with Crippen molar-refractivity contribution in [3.05, 3.63) is 29.8 Å². The number of halogens is 2. The minimum Gasteiger partial charge on any atom is -0.435 e. The van der Waals surface area contributed by atoms with Crippen molar-refractivity contribution in [1.29, 1.82) is 0 Å². The van der Waals surface area contributed by atoms with Crippen molar-refractivity contribution in [2.45, 2.75) is 32.4 Å². The highest BCUT2D eigenvalue weighted by molar-refractivity contribution is 5.78. The van der Waals surface area contributed by atoms with Crippen LogP contribution in [-0.4, -0.2) is 43.1 Å². The van der Waals surface area contributed by atoms with E-state index in [1.165, 1.54) is 12.1 Å². The van der Waals surface area contributed by atoms with Gasteiger partial charge in [-0.15, -0.1) is 0 Å². The van der Waals surface area contributed by atoms with Crippen molar-refractivity contribution in [2.24, 2.45) is 0 Å². The first kappa shape index (κ1) is 18.0. The Bertz CT molecular complexity index is 563. The molecular weight excluding hydrogens is 320 g/mol. The second-order valence-corrected chi connectivity index (χ2v) is 5.47. The molecule has 0 unspecified atom stereocenters. The number of hydrogen-bond acceptors (Lipinski definition) is 3. The molecule has 1 heterocycles. The molecular formula is C16H21F2N3O3. The van der Waals surface area contributed by atoms with Gasteiger partial charge in [0, 0.05) is 32.6 Å². The molecule has 3 amide bonds. The number of likely N-dealkylation sites (tertiary alicyclic amines) is 1. The second kappa shape index (κ2) is 9.05. The lowest BCUT2D eigenvalue weighted by Crippen LogP contribution is -2.38. The molecule has 0 atom stereocenters. The Morgan fingerprint density at radius 3 is 2.67 bits per heavy atom. The van der Waals surface area contributed by atoms with Crippen LogP contribution in [0.5, 0.6) is 5.75 Å². The SMILES string of the molecule is O=C(NCCC(=O)N1CCCC1)NCc1cccc(OC(F)F)c1. The Hall–Kier alpha value is -2.38. The Morgan fingerprint density at radius 1 is 1.21 bits per heavy atom. The Labute approximate surface area is 139 Å². The fourth-order valence-electron chi connectivity index (χ4n) is 2.48. The molecule has 0 spiro atoms. The van der Waals surface area contributed by atoms with Gasteiger partial charge in [-0.3, -0.25) is 4.79 Å². The molecule has 1 aromatic rings. The van der Waals surface area contributed by atoms with Crippen molar-refractivity contribution < 1.29 is 23.1 Å². The molecule has 2 N–H and O–H groups in total. The maximum Gasteiger partial charge on any atom is 0.387 e. The Morgan fingerprint density at radius 2 is 1.96 bits per heavy atom. The fourth-order valence-corrected chi connectivity index (χ4v) is 2.48. The first-order valence-electron chi connectivity index (χ1n) is 7.88. The minimum absolute atomic E-state index is 0.0425. The molecule has 8 heteroatoms. The fraction of sp³-hybridized carbons (Fsp3) is 0.500. The van der Waals surface area contributed by atoms with Gasteiger partial charge in [0.15, 0.2) is 0 Å². The van der Waals surface area contributed by atoms with E-state index >= 15 is 0 Å². The summed E-state index contributed by atoms with van der Waals surface area (Å²) in [5, 5.41) is 5.21. The van der Waals surface area contributed by atoms with Gasteiger partial charge >= 0.3 is 12.6 Å². The average Bonchev–Trinajstić information content (AvgIpc) is 3.07. The zero-order valence-corrected chi connectivity index (χ0v) is 13.3. The highest BCUT2D eigenvalue weighted by Crippen LogP contribution is 2.15. The summed E-state index contributed by atoms with van der Waals surface area (Å²) in [7, 11) is 0. The molecule has 0 aromatic heterocycles. The van der Waals surface area contributed by atoms with E-state index in [1.807, 2.05) is 0 Å². The van der Waals surface area contributed by atoms with Crippen molar-refractivity contribution in [3.63, 3.8) is 0 Å². The van der Waals surface area contributed by atoms with Gasteiger partial charge in [0.2, 0.25) is 5.91 Å². The van der Waals surface area contributed by atoms with Crippen molar-refractivity contribution in [1.82, 2.24) is 15.5 Å². The van der Waals surface area contributed by atoms with Gasteiger partial charge in [0.25, 0.3) is 0 Å². The summed E-state index contributed by atoms with van der Waals surface area (Å²) in [6, 6.07) is 5.70. The molecule has 1 saturated heterocycles. The number of urea groups is 1. The number of nitrogens with zero attached hydrogens (tertiary/aromatic N) is 1. The number of nitrogens with one attached hydrogen (secondary N) is 2. The Kier molecular flexibility index (Phi) is 6.77. The van der Waals surface area contributed by atoms with Crippen LogP contribution in [0.4, 0.5) is 13.6 Å². The predicted molar refractivity (Wildman–Crippen MR) is 83.7 cm³/mol. The van der Waals surface area contributed by atoms with Crippen molar-refractivity contribution in [2.75, 3.05) is 19.6 Å². The zero-order valence-electron chi connectivity index (χ0n) is 13.3. The van der Waals surface area contributed by atoms with E-state index in [1.54, 1.807) is 17.0 Å². The summed E-state index contributed by atoms with van der Waals surface area (Å²) in [5.41, 5.74) is 0.636. The number of hydrogen-bond donors (Lipinski definition) is 2. The van der Waals surface area contributed by atoms with Crippen LogP contribution in [0.3, 0.4) is 0 Å². The van der Waals surface area contributed by atoms with Gasteiger partial charge < -0.3 is 20.3 Å². The molecule has 0 radical (unpaired) electrons. The molecule has 1 aliphatic rings. The molecule has 0 aliphatic carbocycles. The van der Waals surface area contributed by atoms with Crippen LogP contribution >= 0.6 is 0 Å². The molecule has 2 rings (SSSR count). The third kappa shape index (κ3) is 6.02. The lowest BCUT2D eigenvalue weighted by Gasteiger charge is -2.15. The van der Waals surface area contributed by atoms with Gasteiger partial charge in [0.05, 0.1) is 0 Å². The number of carbonyl (C=O) groups excluding carboxylic acids is 2. The van der Waals surface area contributed by atoms with Crippen LogP contribution < -0.4 is 15.4 Å². The van der Waals surface area contributed by atoms with Crippen LogP contribution in [-0.2, 0) is 11.3 Å². The minimum atomic E-state index is -2.88. The van der Waals surface area contributed by atoms with E-state index < -0.39 is 12.6 Å². The largest absolute Gasteiger partial charge is 0.435 e. The van der Waals surface area contributed by atoms with Crippen molar-refractivity contribution in [3.8, 4) is 5.75 Å². The summed E-state index contributed by atoms with van der Waals surface area (Å²) in [6.45, 7) is -0.865. The summed E-state index contributed by atoms with van der Waals surface area (Å²) >= 11 is 0. The monoisotopic (exact) mass is 341 g/mol. The first-order chi connectivity index (χ1) is 11.5. The van der Waals surface area contributed by atoms with Crippen LogP contribution in [0.25, 0.3) is 0 Å². The molecule has 1 fully saturated rings. The topological polar surface area (TPSA) is 70.7 Å². The maximum absolute atomic E-state index is 12.1. The second-order valence-electron chi connectivity index (χ2n) is 5.47. The van der Waals surface area contributed by atoms with Gasteiger partial charge in [-0.1, -0.05) is 12.1 Å². The summed E-state index contributed by atoms with van der Waals surface area (Å²) in [4.78, 5) is 25.3.